The number of methoxy groups -OCH3 is 1. The Morgan fingerprint density at radius 1 is 1.29 bits per heavy atom. The van der Waals surface area contributed by atoms with Crippen LogP contribution in [0.4, 0.5) is 0 Å². The van der Waals surface area contributed by atoms with E-state index in [-0.39, 0.29) is 11.3 Å². The smallest absolute Gasteiger partial charge is 0.270 e. The number of fused-ring (bicyclic) bond motifs is 2. The topological polar surface area (TPSA) is 48.6 Å². The van der Waals surface area contributed by atoms with Crippen molar-refractivity contribution in [3.63, 3.8) is 0 Å². The SMILES string of the molecule is CCN1CC[C@]2(c3cccc(OC)c3)Cc3[nH]c(C(=O)N(CC)CC)c(C)c3C[C@H]2C1. The number of hydrogen-bond acceptors (Lipinski definition) is 3. The van der Waals surface area contributed by atoms with Gasteiger partial charge in [0.1, 0.15) is 11.4 Å². The number of nitrogens with zero attached hydrogens (tertiary/aromatic N) is 2. The molecule has 0 unspecified atom stereocenters. The third-order valence-electron chi connectivity index (χ3n) is 7.90. The molecule has 1 aliphatic heterocycles. The van der Waals surface area contributed by atoms with Crippen molar-refractivity contribution >= 4 is 5.91 Å². The quantitative estimate of drug-likeness (QED) is 0.758. The van der Waals surface area contributed by atoms with E-state index in [0.29, 0.717) is 5.92 Å². The van der Waals surface area contributed by atoms with Crippen LogP contribution in [0.2, 0.25) is 0 Å². The summed E-state index contributed by atoms with van der Waals surface area (Å²) in [7, 11) is 1.74. The molecule has 168 valence electrons. The van der Waals surface area contributed by atoms with Crippen LogP contribution >= 0.6 is 0 Å². The van der Waals surface area contributed by atoms with Crippen LogP contribution < -0.4 is 4.74 Å². The first-order valence-corrected chi connectivity index (χ1v) is 11.8. The molecule has 1 N–H and O–H groups in total. The molecule has 4 rings (SSSR count). The van der Waals surface area contributed by atoms with Crippen LogP contribution in [0.5, 0.6) is 5.75 Å². The average molecular weight is 424 g/mol. The monoisotopic (exact) mass is 423 g/mol. The largest absolute Gasteiger partial charge is 0.497 e. The highest BCUT2D eigenvalue weighted by Crippen LogP contribution is 2.49. The van der Waals surface area contributed by atoms with Crippen LogP contribution in [0.1, 0.15) is 60.1 Å². The number of amides is 1. The molecule has 5 nitrogen and oxygen atoms in total. The molecule has 0 spiro atoms. The fraction of sp³-hybridized carbons (Fsp3) is 0.577. The second kappa shape index (κ2) is 8.70. The van der Waals surface area contributed by atoms with E-state index in [9.17, 15) is 4.79 Å². The van der Waals surface area contributed by atoms with Crippen LogP contribution in [-0.2, 0) is 18.3 Å². The summed E-state index contributed by atoms with van der Waals surface area (Å²) in [6, 6.07) is 8.67. The molecule has 1 aromatic carbocycles. The number of rotatable bonds is 6. The van der Waals surface area contributed by atoms with Crippen molar-refractivity contribution in [1.29, 1.82) is 0 Å². The molecule has 0 bridgehead atoms. The molecule has 1 amide bonds. The Hall–Kier alpha value is -2.27. The van der Waals surface area contributed by atoms with Gasteiger partial charge in [-0.15, -0.1) is 0 Å². The number of carbonyl (C=O) groups is 1. The van der Waals surface area contributed by atoms with Crippen molar-refractivity contribution < 1.29 is 9.53 Å². The Morgan fingerprint density at radius 2 is 2.06 bits per heavy atom. The summed E-state index contributed by atoms with van der Waals surface area (Å²) in [4.78, 5) is 21.2. The molecule has 1 saturated heterocycles. The average Bonchev–Trinajstić information content (AvgIpc) is 3.12. The highest BCUT2D eigenvalue weighted by atomic mass is 16.5. The van der Waals surface area contributed by atoms with Crippen molar-refractivity contribution in [2.24, 2.45) is 5.92 Å². The molecule has 1 aliphatic carbocycles. The minimum atomic E-state index is 0.0834. The van der Waals surface area contributed by atoms with Crippen molar-refractivity contribution in [2.45, 2.75) is 52.4 Å². The maximum Gasteiger partial charge on any atom is 0.270 e. The second-order valence-corrected chi connectivity index (χ2v) is 9.17. The number of nitrogens with one attached hydrogen (secondary N) is 1. The molecular weight excluding hydrogens is 386 g/mol. The highest BCUT2D eigenvalue weighted by molar-refractivity contribution is 5.94. The minimum Gasteiger partial charge on any atom is -0.497 e. The van der Waals surface area contributed by atoms with Crippen molar-refractivity contribution in [1.82, 2.24) is 14.8 Å². The van der Waals surface area contributed by atoms with E-state index in [1.807, 2.05) is 24.8 Å². The number of ether oxygens (including phenoxy) is 1. The number of hydrogen-bond donors (Lipinski definition) is 1. The van der Waals surface area contributed by atoms with Crippen LogP contribution in [0.15, 0.2) is 24.3 Å². The summed E-state index contributed by atoms with van der Waals surface area (Å²) in [5.41, 5.74) is 6.04. The summed E-state index contributed by atoms with van der Waals surface area (Å²) >= 11 is 0. The summed E-state index contributed by atoms with van der Waals surface area (Å²) in [5.74, 6) is 1.59. The van der Waals surface area contributed by atoms with Crippen molar-refractivity contribution in [3.8, 4) is 5.75 Å². The molecule has 2 aromatic rings. The van der Waals surface area contributed by atoms with E-state index in [1.165, 1.54) is 16.8 Å². The molecule has 2 heterocycles. The number of aromatic amines is 1. The molecule has 2 aliphatic rings. The van der Waals surface area contributed by atoms with Crippen molar-refractivity contribution in [3.05, 3.63) is 52.3 Å². The number of likely N-dealkylation sites (tertiary alicyclic amines) is 1. The summed E-state index contributed by atoms with van der Waals surface area (Å²) in [5, 5.41) is 0. The molecule has 1 fully saturated rings. The van der Waals surface area contributed by atoms with Crippen LogP contribution in [0.3, 0.4) is 0 Å². The highest BCUT2D eigenvalue weighted by Gasteiger charge is 2.48. The van der Waals surface area contributed by atoms with E-state index < -0.39 is 0 Å². The third-order valence-corrected chi connectivity index (χ3v) is 7.90. The third kappa shape index (κ3) is 3.67. The van der Waals surface area contributed by atoms with E-state index in [1.54, 1.807) is 7.11 Å². The molecule has 5 heteroatoms. The fourth-order valence-corrected chi connectivity index (χ4v) is 5.90. The van der Waals surface area contributed by atoms with Gasteiger partial charge in [-0.05, 0) is 87.9 Å². The Kier molecular flexibility index (Phi) is 6.16. The van der Waals surface area contributed by atoms with E-state index in [0.717, 1.165) is 69.0 Å². The predicted octanol–water partition coefficient (Wildman–Crippen LogP) is 4.19. The minimum absolute atomic E-state index is 0.0834. The van der Waals surface area contributed by atoms with Gasteiger partial charge in [0.25, 0.3) is 5.91 Å². The standard InChI is InChI=1S/C26H37N3O2/c1-6-28-13-12-26(19-10-9-11-21(14-19)31-5)16-23-22(15-20(26)17-28)18(4)24(27-23)25(30)29(7-2)8-3/h9-11,14,20,27H,6-8,12-13,15-17H2,1-5H3/t20-,26+/m0/s1. The first-order valence-electron chi connectivity index (χ1n) is 11.8. The molecule has 0 saturated carbocycles. The van der Waals surface area contributed by atoms with E-state index >= 15 is 0 Å². The summed E-state index contributed by atoms with van der Waals surface area (Å²) < 4.78 is 5.57. The van der Waals surface area contributed by atoms with Gasteiger partial charge in [0.05, 0.1) is 7.11 Å². The number of carbonyl (C=O) groups excluding carboxylic acids is 1. The van der Waals surface area contributed by atoms with Gasteiger partial charge in [-0.1, -0.05) is 19.1 Å². The van der Waals surface area contributed by atoms with E-state index in [2.05, 4.69) is 41.9 Å². The molecular formula is C26H37N3O2. The lowest BCUT2D eigenvalue weighted by Crippen LogP contribution is -2.53. The lowest BCUT2D eigenvalue weighted by molar-refractivity contribution is 0.0766. The maximum atomic E-state index is 13.2. The first-order chi connectivity index (χ1) is 15.0. The molecule has 1 aromatic heterocycles. The lowest BCUT2D eigenvalue weighted by atomic mass is 9.58. The van der Waals surface area contributed by atoms with Gasteiger partial charge in [-0.3, -0.25) is 4.79 Å². The number of aromatic nitrogens is 1. The Bertz CT molecular complexity index is 946. The van der Waals surface area contributed by atoms with Crippen LogP contribution in [0.25, 0.3) is 0 Å². The molecule has 31 heavy (non-hydrogen) atoms. The molecule has 0 radical (unpaired) electrons. The lowest BCUT2D eigenvalue weighted by Gasteiger charge is -2.51. The number of piperidine rings is 1. The van der Waals surface area contributed by atoms with Gasteiger partial charge in [-0.2, -0.15) is 0 Å². The van der Waals surface area contributed by atoms with Crippen molar-refractivity contribution in [2.75, 3.05) is 39.8 Å². The number of benzene rings is 1. The Morgan fingerprint density at radius 3 is 2.74 bits per heavy atom. The van der Waals surface area contributed by atoms with Gasteiger partial charge in [0, 0.05) is 30.7 Å². The van der Waals surface area contributed by atoms with E-state index in [4.69, 9.17) is 4.74 Å². The zero-order valence-electron chi connectivity index (χ0n) is 19.8. The van der Waals surface area contributed by atoms with Crippen LogP contribution in [0, 0.1) is 12.8 Å². The fourth-order valence-electron chi connectivity index (χ4n) is 5.90. The zero-order chi connectivity index (χ0) is 22.2. The Balaban J connectivity index is 1.77. The predicted molar refractivity (Wildman–Crippen MR) is 125 cm³/mol. The normalized spacial score (nSPS) is 23.2. The maximum absolute atomic E-state index is 13.2. The van der Waals surface area contributed by atoms with Gasteiger partial charge < -0.3 is 19.5 Å². The second-order valence-electron chi connectivity index (χ2n) is 9.17. The Labute approximate surface area is 186 Å². The summed E-state index contributed by atoms with van der Waals surface area (Å²) in [6.07, 6.45) is 3.12. The summed E-state index contributed by atoms with van der Waals surface area (Å²) in [6.45, 7) is 13.3. The number of H-pyrrole nitrogens is 1. The zero-order valence-corrected chi connectivity index (χ0v) is 19.8. The van der Waals surface area contributed by atoms with Gasteiger partial charge in [0.2, 0.25) is 0 Å². The first kappa shape index (κ1) is 21.9. The molecule has 2 atom stereocenters. The van der Waals surface area contributed by atoms with Gasteiger partial charge in [-0.25, -0.2) is 0 Å². The van der Waals surface area contributed by atoms with Crippen LogP contribution in [-0.4, -0.2) is 60.5 Å². The van der Waals surface area contributed by atoms with Gasteiger partial charge >= 0.3 is 0 Å². The van der Waals surface area contributed by atoms with Gasteiger partial charge in [0.15, 0.2) is 0 Å².